The summed E-state index contributed by atoms with van der Waals surface area (Å²) >= 11 is 7.65. The van der Waals surface area contributed by atoms with Crippen LogP contribution in [0.2, 0.25) is 5.02 Å². The van der Waals surface area contributed by atoms with Crippen molar-refractivity contribution < 1.29 is 19.1 Å². The van der Waals surface area contributed by atoms with Gasteiger partial charge in [-0.3, -0.25) is 14.4 Å². The molecular weight excluding hydrogens is 522 g/mol. The van der Waals surface area contributed by atoms with Gasteiger partial charge in [-0.15, -0.1) is 11.3 Å². The first-order valence-electron chi connectivity index (χ1n) is 13.4. The number of anilines is 1. The number of hydrogen-bond acceptors (Lipinski definition) is 5. The van der Waals surface area contributed by atoms with E-state index in [1.165, 1.54) is 0 Å². The lowest BCUT2D eigenvalue weighted by Crippen LogP contribution is -2.57. The second-order valence-corrected chi connectivity index (χ2v) is 12.6. The summed E-state index contributed by atoms with van der Waals surface area (Å²) in [6.45, 7) is 4.72. The van der Waals surface area contributed by atoms with Gasteiger partial charge in [-0.05, 0) is 47.9 Å². The minimum Gasteiger partial charge on any atom is -0.359 e. The van der Waals surface area contributed by atoms with E-state index in [-0.39, 0.29) is 23.8 Å². The van der Waals surface area contributed by atoms with E-state index >= 15 is 0 Å². The monoisotopic (exact) mass is 553 g/mol. The number of carbonyl (C=O) groups excluding carboxylic acids is 3. The Bertz CT molecular complexity index is 1280. The summed E-state index contributed by atoms with van der Waals surface area (Å²) in [6.07, 6.45) is 6.26. The largest absolute Gasteiger partial charge is 0.359 e. The number of benzene rings is 1. The molecule has 3 aliphatic heterocycles. The van der Waals surface area contributed by atoms with E-state index in [0.717, 1.165) is 24.1 Å². The van der Waals surface area contributed by atoms with Crippen LogP contribution in [0.1, 0.15) is 38.0 Å². The molecule has 2 aromatic rings. The van der Waals surface area contributed by atoms with Gasteiger partial charge in [-0.25, -0.2) is 0 Å². The van der Waals surface area contributed by atoms with Crippen LogP contribution in [0, 0.1) is 23.7 Å². The zero-order chi connectivity index (χ0) is 26.6. The molecule has 1 aliphatic carbocycles. The highest BCUT2D eigenvalue weighted by Crippen LogP contribution is 2.55. The second-order valence-electron chi connectivity index (χ2n) is 11.1. The Hall–Kier alpha value is -2.68. The maximum Gasteiger partial charge on any atom is 0.246 e. The Morgan fingerprint density at radius 3 is 2.79 bits per heavy atom. The molecule has 4 heterocycles. The summed E-state index contributed by atoms with van der Waals surface area (Å²) in [7, 11) is 0. The molecule has 38 heavy (non-hydrogen) atoms. The summed E-state index contributed by atoms with van der Waals surface area (Å²) in [5, 5.41) is 8.67. The smallest absolute Gasteiger partial charge is 0.246 e. The zero-order valence-corrected chi connectivity index (χ0v) is 23.0. The van der Waals surface area contributed by atoms with Crippen molar-refractivity contribution in [2.75, 3.05) is 5.32 Å². The predicted octanol–water partition coefficient (Wildman–Crippen LogP) is 4.63. The molecule has 2 bridgehead atoms. The molecule has 1 saturated carbocycles. The van der Waals surface area contributed by atoms with Crippen molar-refractivity contribution in [2.45, 2.75) is 63.4 Å². The fourth-order valence-electron chi connectivity index (χ4n) is 6.85. The van der Waals surface area contributed by atoms with Crippen LogP contribution in [0.3, 0.4) is 0 Å². The van der Waals surface area contributed by atoms with Gasteiger partial charge in [0.2, 0.25) is 17.7 Å². The fraction of sp³-hybridized carbons (Fsp3) is 0.483. The molecular formula is C29H32ClN3O4S. The van der Waals surface area contributed by atoms with E-state index in [2.05, 4.69) is 24.5 Å². The van der Waals surface area contributed by atoms with E-state index in [0.29, 0.717) is 29.1 Å². The summed E-state index contributed by atoms with van der Waals surface area (Å²) < 4.78 is 6.45. The Morgan fingerprint density at radius 2 is 2.03 bits per heavy atom. The average molecular weight is 554 g/mol. The molecule has 2 N–H and O–H groups in total. The number of rotatable bonds is 6. The lowest BCUT2D eigenvalue weighted by molar-refractivity contribution is -0.142. The first kappa shape index (κ1) is 25.6. The van der Waals surface area contributed by atoms with Gasteiger partial charge in [-0.2, -0.15) is 0 Å². The van der Waals surface area contributed by atoms with E-state index in [9.17, 15) is 14.4 Å². The molecule has 2 saturated heterocycles. The maximum absolute atomic E-state index is 14.1. The van der Waals surface area contributed by atoms with Crippen LogP contribution in [0.4, 0.5) is 5.69 Å². The van der Waals surface area contributed by atoms with Gasteiger partial charge in [-0.1, -0.05) is 62.6 Å². The van der Waals surface area contributed by atoms with Crippen molar-refractivity contribution in [3.05, 3.63) is 63.8 Å². The van der Waals surface area contributed by atoms with Gasteiger partial charge >= 0.3 is 0 Å². The summed E-state index contributed by atoms with van der Waals surface area (Å²) in [4.78, 5) is 44.3. The van der Waals surface area contributed by atoms with Crippen molar-refractivity contribution >= 4 is 46.3 Å². The third-order valence-electron chi connectivity index (χ3n) is 8.96. The molecule has 6 rings (SSSR count). The van der Waals surface area contributed by atoms with Crippen molar-refractivity contribution in [3.63, 3.8) is 0 Å². The van der Waals surface area contributed by atoms with Gasteiger partial charge in [0.15, 0.2) is 0 Å². The molecule has 200 valence electrons. The van der Waals surface area contributed by atoms with Gasteiger partial charge < -0.3 is 20.3 Å². The van der Waals surface area contributed by atoms with Gasteiger partial charge in [0, 0.05) is 21.6 Å². The second kappa shape index (κ2) is 9.81. The highest BCUT2D eigenvalue weighted by molar-refractivity contribution is 7.09. The molecule has 9 heteroatoms. The van der Waals surface area contributed by atoms with Crippen LogP contribution < -0.4 is 10.6 Å². The number of nitrogens with one attached hydrogen (secondary N) is 2. The molecule has 8 atom stereocenters. The molecule has 3 amide bonds. The van der Waals surface area contributed by atoms with Crippen molar-refractivity contribution in [1.29, 1.82) is 0 Å². The van der Waals surface area contributed by atoms with Crippen LogP contribution in [-0.4, -0.2) is 46.4 Å². The lowest BCUT2D eigenvalue weighted by Gasteiger charge is -2.38. The number of likely N-dealkylation sites (tertiary alicyclic amines) is 1. The van der Waals surface area contributed by atoms with Crippen LogP contribution in [0.15, 0.2) is 53.9 Å². The van der Waals surface area contributed by atoms with Crippen molar-refractivity contribution in [3.8, 4) is 0 Å². The molecule has 1 aromatic carbocycles. The Balaban J connectivity index is 1.32. The Labute approximate surface area is 231 Å². The highest BCUT2D eigenvalue weighted by atomic mass is 35.5. The Morgan fingerprint density at radius 1 is 1.18 bits per heavy atom. The zero-order valence-electron chi connectivity index (χ0n) is 21.4. The molecule has 4 aliphatic rings. The molecule has 1 spiro atoms. The maximum atomic E-state index is 14.1. The third kappa shape index (κ3) is 4.17. The molecule has 3 fully saturated rings. The fourth-order valence-corrected chi connectivity index (χ4v) is 7.74. The predicted molar refractivity (Wildman–Crippen MR) is 147 cm³/mol. The number of hydrogen-bond donors (Lipinski definition) is 2. The van der Waals surface area contributed by atoms with Gasteiger partial charge in [0.25, 0.3) is 0 Å². The van der Waals surface area contributed by atoms with Crippen LogP contribution in [-0.2, 0) is 25.7 Å². The van der Waals surface area contributed by atoms with Crippen molar-refractivity contribution in [2.24, 2.45) is 23.7 Å². The average Bonchev–Trinajstić information content (AvgIpc) is 3.65. The molecule has 0 radical (unpaired) electrons. The number of nitrogens with zero attached hydrogens (tertiary/aromatic N) is 1. The van der Waals surface area contributed by atoms with Crippen molar-refractivity contribution in [1.82, 2.24) is 10.2 Å². The number of carbonyl (C=O) groups is 3. The number of halogens is 1. The standard InChI is InChI=1S/C29H32ClN3O4S/c1-16-6-3-10-21(17(16)2)32-27(35)25-29-12-11-22(37-29)23(26(34)31-19-8-4-7-18(30)14-19)24(29)28(36)33(25)15-20-9-5-13-38-20/h4-5,7-9,11-14,16-17,21-25H,3,6,10,15H2,1-2H3,(H,31,34)(H,32,35)/t16?,17?,21?,22-,23-,24+,25?,29+/m0/s1. The van der Waals surface area contributed by atoms with E-state index in [1.54, 1.807) is 40.5 Å². The van der Waals surface area contributed by atoms with E-state index < -0.39 is 29.6 Å². The highest BCUT2D eigenvalue weighted by Gasteiger charge is 2.72. The molecule has 7 nitrogen and oxygen atoms in total. The third-order valence-corrected chi connectivity index (χ3v) is 10.1. The van der Waals surface area contributed by atoms with Crippen LogP contribution >= 0.6 is 22.9 Å². The van der Waals surface area contributed by atoms with E-state index in [4.69, 9.17) is 16.3 Å². The lowest BCUT2D eigenvalue weighted by atomic mass is 9.73. The SMILES string of the molecule is CC1CCCC(NC(=O)C2N(Cc3cccs3)C(=O)[C@H]3[C@@H](C(=O)Nc4cccc(Cl)c4)[C@@H]4C=C[C@]23O4)C1C. The van der Waals surface area contributed by atoms with Gasteiger partial charge in [0.1, 0.15) is 11.6 Å². The summed E-state index contributed by atoms with van der Waals surface area (Å²) in [5.41, 5.74) is -0.623. The number of amides is 3. The van der Waals surface area contributed by atoms with E-state index in [1.807, 2.05) is 29.7 Å². The number of ether oxygens (including phenoxy) is 1. The van der Waals surface area contributed by atoms with Crippen LogP contribution in [0.5, 0.6) is 0 Å². The minimum atomic E-state index is -1.18. The van der Waals surface area contributed by atoms with Gasteiger partial charge in [0.05, 0.1) is 24.5 Å². The minimum absolute atomic E-state index is 0.0462. The Kier molecular flexibility index (Phi) is 6.61. The quantitative estimate of drug-likeness (QED) is 0.511. The first-order chi connectivity index (χ1) is 18.3. The first-order valence-corrected chi connectivity index (χ1v) is 14.6. The topological polar surface area (TPSA) is 87.7 Å². The van der Waals surface area contributed by atoms with Crippen LogP contribution in [0.25, 0.3) is 0 Å². The number of thiophene rings is 1. The number of fused-ring (bicyclic) bond motifs is 1. The normalized spacial score (nSPS) is 35.4. The summed E-state index contributed by atoms with van der Waals surface area (Å²) in [5.74, 6) is -1.40. The molecule has 1 aromatic heterocycles. The molecule has 4 unspecified atom stereocenters. The summed E-state index contributed by atoms with van der Waals surface area (Å²) in [6, 6.07) is 10.0.